The van der Waals surface area contributed by atoms with E-state index >= 15 is 0 Å². The van der Waals surface area contributed by atoms with Crippen LogP contribution in [0.2, 0.25) is 0 Å². The average Bonchev–Trinajstić information content (AvgIpc) is 3.03. The van der Waals surface area contributed by atoms with E-state index in [9.17, 15) is 9.59 Å². The Hall–Kier alpha value is -3.29. The Morgan fingerprint density at radius 3 is 2.89 bits per heavy atom. The number of amides is 4. The van der Waals surface area contributed by atoms with E-state index in [0.717, 1.165) is 5.69 Å². The number of nitrogens with zero attached hydrogens (tertiary/aromatic N) is 4. The molecule has 0 spiro atoms. The third-order valence-electron chi connectivity index (χ3n) is 5.12. The molecule has 1 atom stereocenters. The number of benzene rings is 1. The Balaban J connectivity index is 1.37. The number of nitrogens with one attached hydrogen (secondary N) is 1. The van der Waals surface area contributed by atoms with Crippen molar-refractivity contribution in [3.8, 4) is 5.75 Å². The molecule has 1 N–H and O–H groups in total. The Bertz CT molecular complexity index is 860. The Morgan fingerprint density at radius 2 is 2.11 bits per heavy atom. The van der Waals surface area contributed by atoms with E-state index in [1.165, 1.54) is 0 Å². The van der Waals surface area contributed by atoms with Gasteiger partial charge in [0.15, 0.2) is 0 Å². The summed E-state index contributed by atoms with van der Waals surface area (Å²) in [4.78, 5) is 35.1. The molecule has 0 bridgehead atoms. The van der Waals surface area contributed by atoms with Crippen molar-refractivity contribution in [2.45, 2.75) is 12.6 Å². The maximum atomic E-state index is 12.7. The zero-order chi connectivity index (χ0) is 19.5. The third kappa shape index (κ3) is 3.71. The predicted octanol–water partition coefficient (Wildman–Crippen LogP) is 2.24. The number of fused-ring (bicyclic) bond motifs is 1. The Kier molecular flexibility index (Phi) is 5.01. The van der Waals surface area contributed by atoms with Crippen LogP contribution in [-0.2, 0) is 6.54 Å². The summed E-state index contributed by atoms with van der Waals surface area (Å²) in [7, 11) is 1.59. The number of hydrogen-bond acceptors (Lipinski definition) is 4. The van der Waals surface area contributed by atoms with Crippen molar-refractivity contribution in [1.82, 2.24) is 19.7 Å². The molecule has 2 aliphatic heterocycles. The van der Waals surface area contributed by atoms with E-state index in [0.29, 0.717) is 44.2 Å². The van der Waals surface area contributed by atoms with Crippen LogP contribution in [0.1, 0.15) is 5.69 Å². The second-order valence-corrected chi connectivity index (χ2v) is 6.94. The van der Waals surface area contributed by atoms with Gasteiger partial charge in [-0.2, -0.15) is 0 Å². The van der Waals surface area contributed by atoms with Gasteiger partial charge in [-0.25, -0.2) is 9.59 Å². The van der Waals surface area contributed by atoms with E-state index in [2.05, 4.69) is 10.3 Å². The number of carbonyl (C=O) groups excluding carboxylic acids is 2. The molecule has 2 aliphatic rings. The molecule has 2 aromatic rings. The molecule has 0 unspecified atom stereocenters. The number of methoxy groups -OCH3 is 1. The van der Waals surface area contributed by atoms with Gasteiger partial charge in [0.25, 0.3) is 0 Å². The number of rotatable bonds is 4. The topological polar surface area (TPSA) is 78.0 Å². The number of aromatic nitrogens is 1. The molecule has 0 aliphatic carbocycles. The third-order valence-corrected chi connectivity index (χ3v) is 5.12. The molecular weight excluding hydrogens is 358 g/mol. The van der Waals surface area contributed by atoms with Gasteiger partial charge in [-0.15, -0.1) is 0 Å². The number of pyridine rings is 1. The molecule has 146 valence electrons. The zero-order valence-electron chi connectivity index (χ0n) is 15.7. The lowest BCUT2D eigenvalue weighted by molar-refractivity contribution is 0.135. The molecule has 2 fully saturated rings. The summed E-state index contributed by atoms with van der Waals surface area (Å²) in [5.41, 5.74) is 1.55. The normalized spacial score (nSPS) is 18.8. The standard InChI is InChI=1S/C20H23N5O3/c1-28-18-7-4-6-15(11-18)22-19(26)23-9-10-25-17(13-23)14-24(20(25)27)12-16-5-2-3-8-21-16/h2-8,11,17H,9-10,12-14H2,1H3,(H,22,26)/t17-/m1/s1. The molecule has 2 saturated heterocycles. The smallest absolute Gasteiger partial charge is 0.321 e. The summed E-state index contributed by atoms with van der Waals surface area (Å²) in [6, 6.07) is 12.8. The molecule has 4 rings (SSSR count). The van der Waals surface area contributed by atoms with Crippen molar-refractivity contribution in [1.29, 1.82) is 0 Å². The summed E-state index contributed by atoms with van der Waals surface area (Å²) >= 11 is 0. The van der Waals surface area contributed by atoms with Crippen molar-refractivity contribution in [3.63, 3.8) is 0 Å². The monoisotopic (exact) mass is 381 g/mol. The van der Waals surface area contributed by atoms with Crippen LogP contribution >= 0.6 is 0 Å². The minimum atomic E-state index is -0.163. The minimum Gasteiger partial charge on any atom is -0.497 e. The minimum absolute atomic E-state index is 0.000946. The van der Waals surface area contributed by atoms with E-state index in [1.807, 2.05) is 41.3 Å². The Morgan fingerprint density at radius 1 is 1.21 bits per heavy atom. The summed E-state index contributed by atoms with van der Waals surface area (Å²) in [5, 5.41) is 2.91. The van der Waals surface area contributed by atoms with Gasteiger partial charge >= 0.3 is 12.1 Å². The van der Waals surface area contributed by atoms with Crippen LogP contribution in [-0.4, -0.2) is 71.1 Å². The van der Waals surface area contributed by atoms with Crippen LogP contribution in [0.3, 0.4) is 0 Å². The molecule has 1 aromatic heterocycles. The van der Waals surface area contributed by atoms with Gasteiger partial charge in [0.05, 0.1) is 25.4 Å². The van der Waals surface area contributed by atoms with Crippen LogP contribution in [0.5, 0.6) is 5.75 Å². The van der Waals surface area contributed by atoms with E-state index in [1.54, 1.807) is 29.2 Å². The molecular formula is C20H23N5O3. The number of urea groups is 2. The second-order valence-electron chi connectivity index (χ2n) is 6.94. The fraction of sp³-hybridized carbons (Fsp3) is 0.350. The van der Waals surface area contributed by atoms with Crippen LogP contribution in [0.15, 0.2) is 48.7 Å². The van der Waals surface area contributed by atoms with Crippen molar-refractivity contribution < 1.29 is 14.3 Å². The highest BCUT2D eigenvalue weighted by Crippen LogP contribution is 2.23. The maximum absolute atomic E-state index is 12.7. The van der Waals surface area contributed by atoms with Crippen molar-refractivity contribution in [2.75, 3.05) is 38.6 Å². The lowest BCUT2D eigenvalue weighted by Gasteiger charge is -2.36. The number of hydrogen-bond donors (Lipinski definition) is 1. The summed E-state index contributed by atoms with van der Waals surface area (Å²) < 4.78 is 5.19. The highest BCUT2D eigenvalue weighted by atomic mass is 16.5. The zero-order valence-corrected chi connectivity index (χ0v) is 15.7. The van der Waals surface area contributed by atoms with Gasteiger partial charge in [0.1, 0.15) is 5.75 Å². The SMILES string of the molecule is COc1cccc(NC(=O)N2CCN3C(=O)N(Cc4ccccn4)C[C@H]3C2)c1. The molecule has 0 radical (unpaired) electrons. The Labute approximate surface area is 163 Å². The molecule has 1 aromatic carbocycles. The number of piperazine rings is 1. The summed E-state index contributed by atoms with van der Waals surface area (Å²) in [6.07, 6.45) is 1.73. The molecule has 28 heavy (non-hydrogen) atoms. The van der Waals surface area contributed by atoms with Gasteiger partial charge in [-0.05, 0) is 24.3 Å². The molecule has 4 amide bonds. The largest absolute Gasteiger partial charge is 0.497 e. The molecule has 8 nitrogen and oxygen atoms in total. The van der Waals surface area contributed by atoms with E-state index < -0.39 is 0 Å². The first kappa shape index (κ1) is 18.1. The summed E-state index contributed by atoms with van der Waals surface area (Å²) in [6.45, 7) is 2.64. The van der Waals surface area contributed by atoms with Gasteiger partial charge in [-0.3, -0.25) is 4.98 Å². The van der Waals surface area contributed by atoms with Gasteiger partial charge in [-0.1, -0.05) is 12.1 Å². The number of ether oxygens (including phenoxy) is 1. The quantitative estimate of drug-likeness (QED) is 0.881. The average molecular weight is 381 g/mol. The van der Waals surface area contributed by atoms with Crippen LogP contribution in [0.25, 0.3) is 0 Å². The van der Waals surface area contributed by atoms with Gasteiger partial charge in [0.2, 0.25) is 0 Å². The van der Waals surface area contributed by atoms with Gasteiger partial charge in [0, 0.05) is 44.1 Å². The highest BCUT2D eigenvalue weighted by molar-refractivity contribution is 5.90. The van der Waals surface area contributed by atoms with Crippen LogP contribution in [0, 0.1) is 0 Å². The fourth-order valence-electron chi connectivity index (χ4n) is 3.68. The van der Waals surface area contributed by atoms with Crippen molar-refractivity contribution in [3.05, 3.63) is 54.4 Å². The second kappa shape index (κ2) is 7.75. The first-order chi connectivity index (χ1) is 13.6. The van der Waals surface area contributed by atoms with Crippen LogP contribution < -0.4 is 10.1 Å². The van der Waals surface area contributed by atoms with E-state index in [4.69, 9.17) is 4.74 Å². The number of anilines is 1. The predicted molar refractivity (Wildman–Crippen MR) is 104 cm³/mol. The first-order valence-corrected chi connectivity index (χ1v) is 9.29. The summed E-state index contributed by atoms with van der Waals surface area (Å²) in [5.74, 6) is 0.689. The molecule has 8 heteroatoms. The number of carbonyl (C=O) groups is 2. The van der Waals surface area contributed by atoms with E-state index in [-0.39, 0.29) is 18.1 Å². The van der Waals surface area contributed by atoms with Crippen LogP contribution in [0.4, 0.5) is 15.3 Å². The lowest BCUT2D eigenvalue weighted by Crippen LogP contribution is -2.54. The van der Waals surface area contributed by atoms with Gasteiger partial charge < -0.3 is 24.8 Å². The van der Waals surface area contributed by atoms with Crippen molar-refractivity contribution in [2.24, 2.45) is 0 Å². The van der Waals surface area contributed by atoms with Crippen molar-refractivity contribution >= 4 is 17.7 Å². The highest BCUT2D eigenvalue weighted by Gasteiger charge is 2.41. The molecule has 0 saturated carbocycles. The lowest BCUT2D eigenvalue weighted by atomic mass is 10.2. The fourth-order valence-corrected chi connectivity index (χ4v) is 3.68. The molecule has 3 heterocycles. The maximum Gasteiger partial charge on any atom is 0.321 e. The first-order valence-electron chi connectivity index (χ1n) is 9.29.